The highest BCUT2D eigenvalue weighted by Crippen LogP contribution is 2.24. The van der Waals surface area contributed by atoms with Crippen molar-refractivity contribution in [3.63, 3.8) is 0 Å². The molecule has 0 bridgehead atoms. The number of aromatic carboxylic acids is 1. The van der Waals surface area contributed by atoms with Crippen molar-refractivity contribution in [2.24, 2.45) is 0 Å². The second-order valence-electron chi connectivity index (χ2n) is 4.78. The van der Waals surface area contributed by atoms with Gasteiger partial charge in [0.25, 0.3) is 0 Å². The van der Waals surface area contributed by atoms with Gasteiger partial charge in [0.2, 0.25) is 5.95 Å². The lowest BCUT2D eigenvalue weighted by molar-refractivity contribution is 0.0697. The summed E-state index contributed by atoms with van der Waals surface area (Å²) in [4.78, 5) is 29.0. The van der Waals surface area contributed by atoms with Crippen LogP contribution < -0.4 is 16.4 Å². The summed E-state index contributed by atoms with van der Waals surface area (Å²) in [7, 11) is 1.78. The number of carboxylic acids is 1. The second kappa shape index (κ2) is 8.48. The summed E-state index contributed by atoms with van der Waals surface area (Å²) in [5.74, 6) is -0.279. The minimum atomic E-state index is -0.979. The normalized spacial score (nSPS) is 9.42. The molecule has 2 heterocycles. The lowest BCUT2D eigenvalue weighted by atomic mass is 10.2. The molecule has 0 spiro atoms. The summed E-state index contributed by atoms with van der Waals surface area (Å²) in [6, 6.07) is 6.39. The van der Waals surface area contributed by atoms with Crippen molar-refractivity contribution in [2.45, 2.75) is 0 Å². The van der Waals surface area contributed by atoms with E-state index in [0.29, 0.717) is 17.0 Å². The van der Waals surface area contributed by atoms with Gasteiger partial charge < -0.3 is 37.9 Å². The molecule has 0 saturated carbocycles. The van der Waals surface area contributed by atoms with E-state index < -0.39 is 5.97 Å². The van der Waals surface area contributed by atoms with E-state index in [-0.39, 0.29) is 33.8 Å². The van der Waals surface area contributed by atoms with Gasteiger partial charge in [0.05, 0.1) is 11.8 Å². The summed E-state index contributed by atoms with van der Waals surface area (Å²) < 4.78 is 0. The van der Waals surface area contributed by atoms with Crippen LogP contribution >= 0.6 is 0 Å². The SMILES string of the molecule is CN(c1ccc(C(=O)O)cc1)c1cnc2nc(N)nc(N)c2n1.O.O.O. The molecule has 0 aliphatic carbocycles. The summed E-state index contributed by atoms with van der Waals surface area (Å²) >= 11 is 0. The maximum atomic E-state index is 10.9. The lowest BCUT2D eigenvalue weighted by Crippen LogP contribution is -2.13. The number of carboxylic acid groups (broad SMARTS) is 1. The van der Waals surface area contributed by atoms with Gasteiger partial charge in [-0.2, -0.15) is 9.97 Å². The van der Waals surface area contributed by atoms with Crippen LogP contribution in [0.4, 0.5) is 23.3 Å². The van der Waals surface area contributed by atoms with Crippen LogP contribution in [0, 0.1) is 0 Å². The molecule has 3 aromatic rings. The number of nitrogens with two attached hydrogens (primary N) is 2. The molecule has 0 fully saturated rings. The average molecular weight is 365 g/mol. The van der Waals surface area contributed by atoms with E-state index in [2.05, 4.69) is 19.9 Å². The van der Waals surface area contributed by atoms with Crippen LogP contribution in [0.3, 0.4) is 0 Å². The Morgan fingerprint density at radius 2 is 1.65 bits per heavy atom. The molecule has 12 nitrogen and oxygen atoms in total. The third-order valence-electron chi connectivity index (χ3n) is 3.28. The number of rotatable bonds is 3. The summed E-state index contributed by atoms with van der Waals surface area (Å²) in [6.07, 6.45) is 1.53. The standard InChI is InChI=1S/C14H13N7O2.3H2O/c1-21(8-4-2-7(3-5-8)13(22)23)9-6-17-12-10(18-9)11(15)19-14(16)20-12;;;/h2-6H,1H3,(H,22,23)(H4,15,16,17,19,20);3*1H2. The molecule has 0 aliphatic rings. The fourth-order valence-corrected chi connectivity index (χ4v) is 2.06. The van der Waals surface area contributed by atoms with Crippen molar-refractivity contribution in [3.05, 3.63) is 36.0 Å². The molecule has 0 unspecified atom stereocenters. The molecule has 0 aliphatic heterocycles. The maximum absolute atomic E-state index is 10.9. The molecule has 26 heavy (non-hydrogen) atoms. The van der Waals surface area contributed by atoms with Gasteiger partial charge in [-0.1, -0.05) is 0 Å². The van der Waals surface area contributed by atoms with Gasteiger partial charge in [-0.05, 0) is 24.3 Å². The van der Waals surface area contributed by atoms with Crippen molar-refractivity contribution in [1.82, 2.24) is 19.9 Å². The molecule has 0 saturated heterocycles. The van der Waals surface area contributed by atoms with Gasteiger partial charge in [-0.3, -0.25) is 0 Å². The highest BCUT2D eigenvalue weighted by atomic mass is 16.4. The zero-order chi connectivity index (χ0) is 16.6. The number of fused-ring (bicyclic) bond motifs is 1. The van der Waals surface area contributed by atoms with E-state index in [1.807, 2.05) is 0 Å². The van der Waals surface area contributed by atoms with E-state index >= 15 is 0 Å². The third kappa shape index (κ3) is 4.07. The Morgan fingerprint density at radius 3 is 2.23 bits per heavy atom. The number of benzene rings is 1. The Bertz CT molecular complexity index is 904. The Hall–Kier alpha value is -3.61. The summed E-state index contributed by atoms with van der Waals surface area (Å²) in [6.45, 7) is 0. The van der Waals surface area contributed by atoms with Crippen LogP contribution in [0.5, 0.6) is 0 Å². The predicted molar refractivity (Wildman–Crippen MR) is 96.3 cm³/mol. The average Bonchev–Trinajstić information content (AvgIpc) is 2.54. The van der Waals surface area contributed by atoms with E-state index in [9.17, 15) is 4.79 Å². The molecule has 3 rings (SSSR count). The summed E-state index contributed by atoms with van der Waals surface area (Å²) in [5.41, 5.74) is 12.9. The van der Waals surface area contributed by atoms with Gasteiger partial charge in [-0.25, -0.2) is 14.8 Å². The van der Waals surface area contributed by atoms with Crippen LogP contribution in [-0.4, -0.2) is 54.5 Å². The molecule has 11 N–H and O–H groups in total. The van der Waals surface area contributed by atoms with Crippen molar-refractivity contribution in [1.29, 1.82) is 0 Å². The van der Waals surface area contributed by atoms with Crippen LogP contribution in [-0.2, 0) is 0 Å². The Labute approximate surface area is 147 Å². The van der Waals surface area contributed by atoms with Gasteiger partial charge in [0, 0.05) is 12.7 Å². The van der Waals surface area contributed by atoms with Gasteiger partial charge >= 0.3 is 5.97 Å². The first kappa shape index (κ1) is 22.4. The highest BCUT2D eigenvalue weighted by Gasteiger charge is 2.12. The first-order valence-corrected chi connectivity index (χ1v) is 6.58. The Morgan fingerprint density at radius 1 is 1.04 bits per heavy atom. The molecule has 0 radical (unpaired) electrons. The number of anilines is 4. The van der Waals surface area contributed by atoms with E-state index in [1.165, 1.54) is 18.3 Å². The van der Waals surface area contributed by atoms with Crippen molar-refractivity contribution in [2.75, 3.05) is 23.4 Å². The number of hydrogen-bond donors (Lipinski definition) is 3. The highest BCUT2D eigenvalue weighted by molar-refractivity contribution is 5.88. The largest absolute Gasteiger partial charge is 0.478 e. The Kier molecular flexibility index (Phi) is 7.30. The fourth-order valence-electron chi connectivity index (χ4n) is 2.06. The van der Waals surface area contributed by atoms with Gasteiger partial charge in [-0.15, -0.1) is 0 Å². The van der Waals surface area contributed by atoms with Crippen molar-refractivity contribution < 1.29 is 26.3 Å². The third-order valence-corrected chi connectivity index (χ3v) is 3.28. The molecule has 0 amide bonds. The maximum Gasteiger partial charge on any atom is 0.335 e. The van der Waals surface area contributed by atoms with Crippen LogP contribution in [0.25, 0.3) is 11.2 Å². The quantitative estimate of drug-likeness (QED) is 0.492. The molecule has 2 aromatic heterocycles. The Balaban J connectivity index is 0.00000208. The van der Waals surface area contributed by atoms with Crippen LogP contribution in [0.2, 0.25) is 0 Å². The van der Waals surface area contributed by atoms with Crippen LogP contribution in [0.1, 0.15) is 10.4 Å². The van der Waals surface area contributed by atoms with E-state index in [0.717, 1.165) is 5.69 Å². The molecule has 140 valence electrons. The van der Waals surface area contributed by atoms with Crippen LogP contribution in [0.15, 0.2) is 30.5 Å². The minimum absolute atomic E-state index is 0. The van der Waals surface area contributed by atoms with Crippen molar-refractivity contribution in [3.8, 4) is 0 Å². The summed E-state index contributed by atoms with van der Waals surface area (Å²) in [5, 5.41) is 8.93. The molecule has 1 aromatic carbocycles. The number of nitrogens with zero attached hydrogens (tertiary/aromatic N) is 5. The molecular formula is C14H19N7O5. The first-order chi connectivity index (χ1) is 11.0. The van der Waals surface area contributed by atoms with E-state index in [1.54, 1.807) is 24.1 Å². The number of hydrogen-bond acceptors (Lipinski definition) is 8. The monoisotopic (exact) mass is 365 g/mol. The fraction of sp³-hybridized carbons (Fsp3) is 0.0714. The minimum Gasteiger partial charge on any atom is -0.478 e. The zero-order valence-electron chi connectivity index (χ0n) is 13.6. The number of carbonyl (C=O) groups is 1. The van der Waals surface area contributed by atoms with Gasteiger partial charge in [0.15, 0.2) is 22.8 Å². The zero-order valence-corrected chi connectivity index (χ0v) is 13.6. The topological polar surface area (TPSA) is 239 Å². The number of aromatic nitrogens is 4. The molecule has 12 heteroatoms. The first-order valence-electron chi connectivity index (χ1n) is 6.58. The van der Waals surface area contributed by atoms with Crippen molar-refractivity contribution >= 4 is 40.4 Å². The lowest BCUT2D eigenvalue weighted by Gasteiger charge is -2.18. The van der Waals surface area contributed by atoms with E-state index in [4.69, 9.17) is 16.6 Å². The number of nitrogen functional groups attached to an aromatic ring is 2. The second-order valence-corrected chi connectivity index (χ2v) is 4.78. The molecule has 0 atom stereocenters. The molecular weight excluding hydrogens is 346 g/mol. The smallest absolute Gasteiger partial charge is 0.335 e. The van der Waals surface area contributed by atoms with Gasteiger partial charge in [0.1, 0.15) is 0 Å². The predicted octanol–water partition coefficient (Wildman–Crippen LogP) is -1.42.